The molecular weight excluding hydrogens is 798 g/mol. The van der Waals surface area contributed by atoms with Crippen LogP contribution in [0.2, 0.25) is 0 Å². The molecule has 0 atom stereocenters. The van der Waals surface area contributed by atoms with Crippen LogP contribution in [0.5, 0.6) is 0 Å². The van der Waals surface area contributed by atoms with Gasteiger partial charge < -0.3 is 0 Å². The molecule has 268 valence electrons. The van der Waals surface area contributed by atoms with Gasteiger partial charge in [-0.25, -0.2) is 71.5 Å². The summed E-state index contributed by atoms with van der Waals surface area (Å²) < 4.78 is 207. The Morgan fingerprint density at radius 3 is 0.907 bits per heavy atom. The van der Waals surface area contributed by atoms with Crippen LogP contribution in [0.25, 0.3) is 11.1 Å². The number of rotatable bonds is 4. The SMILES string of the molecule is N#C/C(=C1\C(c2c(F)c(F)c(F)c(F)c2F)=NC2=C1N=C(c1c(F)c(F)c(F)c(F)c1F)/C2=C(\C#N)c1sc(C#N)c(F)c1F)c1sc(C#N)c(F)c1F. The van der Waals surface area contributed by atoms with E-state index >= 15 is 26.3 Å². The van der Waals surface area contributed by atoms with Crippen LogP contribution in [0.1, 0.15) is 30.6 Å². The standard InChI is InChI=1S/C32F14N6S2/c33-13-7(3-49)53-31(25(13)45)5(1-47)9-27(11-15(35)19(39)23(43)20(40)16(11)36)51-30-10(6(2-48)32-26(46)14(34)8(4-50)54-32)28(52-29(9)30)12-17(37)21(41)24(44)22(42)18(12)38/b9-5-,10-6-. The van der Waals surface area contributed by atoms with E-state index in [9.17, 15) is 56.2 Å². The van der Waals surface area contributed by atoms with E-state index in [1.165, 1.54) is 24.3 Å². The molecule has 4 heterocycles. The summed E-state index contributed by atoms with van der Waals surface area (Å²) in [4.78, 5) is 2.55. The average molecular weight is 798 g/mol. The van der Waals surface area contributed by atoms with E-state index in [0.717, 1.165) is 0 Å². The molecule has 2 aromatic carbocycles. The molecule has 0 N–H and O–H groups in total. The van der Waals surface area contributed by atoms with Gasteiger partial charge in [0.25, 0.3) is 0 Å². The maximum Gasteiger partial charge on any atom is 0.200 e. The number of thiophene rings is 2. The monoisotopic (exact) mass is 798 g/mol. The normalized spacial score (nSPS) is 15.4. The van der Waals surface area contributed by atoms with Gasteiger partial charge in [0, 0.05) is 11.1 Å². The lowest BCUT2D eigenvalue weighted by Gasteiger charge is -2.14. The summed E-state index contributed by atoms with van der Waals surface area (Å²) in [5, 5.41) is 38.7. The fraction of sp³-hybridized carbons (Fsp3) is 0. The highest BCUT2D eigenvalue weighted by Gasteiger charge is 2.45. The molecular formula is C32F14N6S2. The van der Waals surface area contributed by atoms with Crippen LogP contribution in [0, 0.1) is 127 Å². The minimum Gasteiger partial charge on any atom is -0.244 e. The Hall–Kier alpha value is -6.62. The van der Waals surface area contributed by atoms with Crippen LogP contribution in [-0.2, 0) is 0 Å². The van der Waals surface area contributed by atoms with Gasteiger partial charge in [-0.15, -0.1) is 22.7 Å². The number of nitrogens with zero attached hydrogens (tertiary/aromatic N) is 6. The fourth-order valence-corrected chi connectivity index (χ4v) is 6.88. The third-order valence-electron chi connectivity index (χ3n) is 7.48. The molecule has 2 aliphatic heterocycles. The average Bonchev–Trinajstić information content (AvgIpc) is 3.86. The van der Waals surface area contributed by atoms with Gasteiger partial charge in [0.15, 0.2) is 69.8 Å². The number of halogens is 14. The van der Waals surface area contributed by atoms with Crippen molar-refractivity contribution in [3.05, 3.63) is 135 Å². The molecule has 0 saturated carbocycles. The fourth-order valence-electron chi connectivity index (χ4n) is 5.16. The number of nitriles is 4. The zero-order valence-corrected chi connectivity index (χ0v) is 26.4. The molecule has 22 heteroatoms. The maximum atomic E-state index is 15.3. The summed E-state index contributed by atoms with van der Waals surface area (Å²) in [7, 11) is 0. The van der Waals surface area contributed by atoms with Crippen LogP contribution in [0.3, 0.4) is 0 Å². The van der Waals surface area contributed by atoms with Crippen LogP contribution >= 0.6 is 22.7 Å². The van der Waals surface area contributed by atoms with Crippen LogP contribution < -0.4 is 0 Å². The quantitative estimate of drug-likeness (QED) is 0.0886. The first-order valence-electron chi connectivity index (χ1n) is 13.5. The third-order valence-corrected chi connectivity index (χ3v) is 9.61. The third kappa shape index (κ3) is 5.02. The smallest absolute Gasteiger partial charge is 0.200 e. The first-order chi connectivity index (χ1) is 25.5. The number of aliphatic imine (C=N–C) groups is 2. The summed E-state index contributed by atoms with van der Waals surface area (Å²) in [5.41, 5.74) is -15.6. The minimum atomic E-state index is -2.74. The van der Waals surface area contributed by atoms with E-state index < -0.39 is 157 Å². The summed E-state index contributed by atoms with van der Waals surface area (Å²) in [5.74, 6) is -34.9. The molecule has 0 saturated heterocycles. The van der Waals surface area contributed by atoms with E-state index in [1.807, 2.05) is 0 Å². The highest BCUT2D eigenvalue weighted by molar-refractivity contribution is 7.14. The van der Waals surface area contributed by atoms with Gasteiger partial charge in [-0.3, -0.25) is 0 Å². The first kappa shape index (κ1) is 37.1. The first-order valence-corrected chi connectivity index (χ1v) is 15.1. The van der Waals surface area contributed by atoms with E-state index in [4.69, 9.17) is 0 Å². The highest BCUT2D eigenvalue weighted by atomic mass is 32.1. The van der Waals surface area contributed by atoms with Gasteiger partial charge in [0.05, 0.1) is 43.5 Å². The second kappa shape index (κ2) is 13.1. The predicted molar refractivity (Wildman–Crippen MR) is 156 cm³/mol. The van der Waals surface area contributed by atoms with Crippen molar-refractivity contribution in [1.29, 1.82) is 21.0 Å². The largest absolute Gasteiger partial charge is 0.244 e. The molecule has 0 fully saturated rings. The molecule has 2 aromatic heterocycles. The van der Waals surface area contributed by atoms with E-state index in [1.54, 1.807) is 0 Å². The molecule has 0 amide bonds. The Labute approximate surface area is 296 Å². The Morgan fingerprint density at radius 2 is 0.667 bits per heavy atom. The lowest BCUT2D eigenvalue weighted by atomic mass is 9.93. The van der Waals surface area contributed by atoms with Crippen molar-refractivity contribution in [2.45, 2.75) is 0 Å². The molecule has 0 unspecified atom stereocenters. The van der Waals surface area contributed by atoms with Gasteiger partial charge in [0.2, 0.25) is 11.6 Å². The van der Waals surface area contributed by atoms with Crippen molar-refractivity contribution >= 4 is 45.2 Å². The number of hydrogen-bond acceptors (Lipinski definition) is 8. The van der Waals surface area contributed by atoms with Crippen molar-refractivity contribution in [3.63, 3.8) is 0 Å². The van der Waals surface area contributed by atoms with Gasteiger partial charge in [-0.05, 0) is 0 Å². The second-order valence-corrected chi connectivity index (χ2v) is 12.3. The van der Waals surface area contributed by atoms with Crippen molar-refractivity contribution in [2.75, 3.05) is 0 Å². The van der Waals surface area contributed by atoms with E-state index in [0.29, 0.717) is 0 Å². The van der Waals surface area contributed by atoms with Crippen molar-refractivity contribution in [3.8, 4) is 24.3 Å². The van der Waals surface area contributed by atoms with Gasteiger partial charge in [-0.2, -0.15) is 21.0 Å². The van der Waals surface area contributed by atoms with Crippen LogP contribution in [0.4, 0.5) is 61.5 Å². The second-order valence-electron chi connectivity index (χ2n) is 10.2. The summed E-state index contributed by atoms with van der Waals surface area (Å²) in [6.45, 7) is 0. The van der Waals surface area contributed by atoms with E-state index in [2.05, 4.69) is 9.98 Å². The lowest BCUT2D eigenvalue weighted by Crippen LogP contribution is -2.18. The Balaban J connectivity index is 1.87. The van der Waals surface area contributed by atoms with Crippen molar-refractivity contribution in [2.24, 2.45) is 9.98 Å². The molecule has 2 aliphatic rings. The van der Waals surface area contributed by atoms with Gasteiger partial charge in [0.1, 0.15) is 45.4 Å². The highest BCUT2D eigenvalue weighted by Crippen LogP contribution is 2.49. The Kier molecular flexibility index (Phi) is 9.01. The van der Waals surface area contributed by atoms with E-state index in [-0.39, 0.29) is 22.7 Å². The zero-order chi connectivity index (χ0) is 39.8. The summed E-state index contributed by atoms with van der Waals surface area (Å²) in [6, 6.07) is 4.84. The topological polar surface area (TPSA) is 120 Å². The lowest BCUT2D eigenvalue weighted by molar-refractivity contribution is 0.377. The predicted octanol–water partition coefficient (Wildman–Crippen LogP) is 8.97. The zero-order valence-electron chi connectivity index (χ0n) is 24.8. The molecule has 0 spiro atoms. The molecule has 6 nitrogen and oxygen atoms in total. The molecule has 54 heavy (non-hydrogen) atoms. The molecule has 0 bridgehead atoms. The Bertz CT molecular complexity index is 2570. The van der Waals surface area contributed by atoms with Crippen molar-refractivity contribution < 1.29 is 61.5 Å². The molecule has 6 rings (SSSR count). The molecule has 4 aromatic rings. The maximum absolute atomic E-state index is 15.3. The molecule has 0 radical (unpaired) electrons. The van der Waals surface area contributed by atoms with Gasteiger partial charge in [-0.1, -0.05) is 0 Å². The van der Waals surface area contributed by atoms with Gasteiger partial charge >= 0.3 is 0 Å². The van der Waals surface area contributed by atoms with Crippen LogP contribution in [0.15, 0.2) is 32.5 Å². The van der Waals surface area contributed by atoms with Crippen molar-refractivity contribution in [1.82, 2.24) is 0 Å². The minimum absolute atomic E-state index is 0.180. The summed E-state index contributed by atoms with van der Waals surface area (Å²) >= 11 is -0.359. The van der Waals surface area contributed by atoms with Crippen LogP contribution in [-0.4, -0.2) is 11.4 Å². The number of benzene rings is 2. The number of hydrogen-bond donors (Lipinski definition) is 0. The summed E-state index contributed by atoms with van der Waals surface area (Å²) in [6.07, 6.45) is 0. The molecule has 0 aliphatic carbocycles. The number of allylic oxidation sites excluding steroid dienone is 4. The Morgan fingerprint density at radius 1 is 0.389 bits per heavy atom.